The summed E-state index contributed by atoms with van der Waals surface area (Å²) in [6, 6.07) is 0. The van der Waals surface area contributed by atoms with E-state index in [4.69, 9.17) is 14.9 Å². The summed E-state index contributed by atoms with van der Waals surface area (Å²) in [6.07, 6.45) is -6.43. The van der Waals surface area contributed by atoms with Gasteiger partial charge < -0.3 is 30.3 Å². The van der Waals surface area contributed by atoms with Crippen molar-refractivity contribution >= 4 is 11.9 Å². The molecule has 1 aromatic heterocycles. The first-order valence-corrected chi connectivity index (χ1v) is 9.72. The van der Waals surface area contributed by atoms with Gasteiger partial charge in [-0.2, -0.15) is 0 Å². The van der Waals surface area contributed by atoms with Crippen LogP contribution in [0.2, 0.25) is 0 Å². The first kappa shape index (κ1) is 24.7. The quantitative estimate of drug-likeness (QED) is 0.202. The SMILES string of the molecule is Cc1cn([C@@H]2O[C@H](C(O)N(CCCC(=O)O)CCCC(=O)O)[C@@H](O)[C@H]2O)c(=O)[nH]c1=O. The van der Waals surface area contributed by atoms with E-state index in [1.54, 1.807) is 0 Å². The van der Waals surface area contributed by atoms with E-state index < -0.39 is 54.0 Å². The number of nitrogens with zero attached hydrogens (tertiary/aromatic N) is 2. The number of nitrogens with one attached hydrogen (secondary N) is 1. The number of hydrogen-bond acceptors (Lipinski definition) is 9. The van der Waals surface area contributed by atoms with Crippen LogP contribution in [0.25, 0.3) is 0 Å². The second-order valence-electron chi connectivity index (χ2n) is 7.40. The minimum atomic E-state index is -1.61. The Hall–Kier alpha value is -2.58. The molecule has 0 spiro atoms. The van der Waals surface area contributed by atoms with Crippen LogP contribution in [-0.4, -0.2) is 89.6 Å². The van der Waals surface area contributed by atoms with E-state index in [0.29, 0.717) is 0 Å². The van der Waals surface area contributed by atoms with Gasteiger partial charge in [0.15, 0.2) is 6.23 Å². The Morgan fingerprint density at radius 2 is 1.68 bits per heavy atom. The van der Waals surface area contributed by atoms with Gasteiger partial charge in [-0.25, -0.2) is 4.79 Å². The average molecular weight is 445 g/mol. The minimum Gasteiger partial charge on any atom is -0.481 e. The highest BCUT2D eigenvalue weighted by atomic mass is 16.6. The zero-order valence-electron chi connectivity index (χ0n) is 16.9. The van der Waals surface area contributed by atoms with E-state index in [-0.39, 0.29) is 44.3 Å². The summed E-state index contributed by atoms with van der Waals surface area (Å²) in [5.74, 6) is -2.08. The van der Waals surface area contributed by atoms with Crippen LogP contribution < -0.4 is 11.2 Å². The number of rotatable bonds is 11. The lowest BCUT2D eigenvalue weighted by atomic mass is 10.1. The van der Waals surface area contributed by atoms with Gasteiger partial charge in [-0.3, -0.25) is 28.8 Å². The van der Waals surface area contributed by atoms with Gasteiger partial charge in [0.05, 0.1) is 0 Å². The summed E-state index contributed by atoms with van der Waals surface area (Å²) in [5.41, 5.74) is -1.33. The van der Waals surface area contributed by atoms with Gasteiger partial charge in [-0.15, -0.1) is 0 Å². The molecular formula is C18H27N3O10. The predicted octanol–water partition coefficient (Wildman–Crippen LogP) is -2.19. The Kier molecular flexibility index (Phi) is 8.47. The number of ether oxygens (including phenoxy) is 1. The molecule has 1 aliphatic heterocycles. The third kappa shape index (κ3) is 6.21. The fraction of sp³-hybridized carbons (Fsp3) is 0.667. The van der Waals surface area contributed by atoms with Crippen molar-refractivity contribution in [3.8, 4) is 0 Å². The highest BCUT2D eigenvalue weighted by Gasteiger charge is 2.48. The Labute approximate surface area is 176 Å². The van der Waals surface area contributed by atoms with Gasteiger partial charge in [-0.1, -0.05) is 0 Å². The zero-order chi connectivity index (χ0) is 23.3. The maximum absolute atomic E-state index is 12.1. The van der Waals surface area contributed by atoms with Crippen LogP contribution in [-0.2, 0) is 14.3 Å². The van der Waals surface area contributed by atoms with Crippen LogP contribution in [0.3, 0.4) is 0 Å². The first-order valence-electron chi connectivity index (χ1n) is 9.72. The molecule has 1 saturated heterocycles. The largest absolute Gasteiger partial charge is 0.481 e. The highest BCUT2D eigenvalue weighted by Crippen LogP contribution is 2.31. The van der Waals surface area contributed by atoms with Gasteiger partial charge in [0.1, 0.15) is 24.5 Å². The third-order valence-electron chi connectivity index (χ3n) is 5.04. The maximum Gasteiger partial charge on any atom is 0.330 e. The molecule has 1 unspecified atom stereocenters. The number of carboxylic acids is 2. The molecule has 1 aliphatic rings. The molecule has 174 valence electrons. The van der Waals surface area contributed by atoms with Gasteiger partial charge in [-0.05, 0) is 19.8 Å². The van der Waals surface area contributed by atoms with E-state index in [0.717, 1.165) is 10.8 Å². The zero-order valence-corrected chi connectivity index (χ0v) is 16.9. The fourth-order valence-electron chi connectivity index (χ4n) is 3.39. The molecule has 1 fully saturated rings. The summed E-state index contributed by atoms with van der Waals surface area (Å²) in [4.78, 5) is 48.6. The number of H-pyrrole nitrogens is 1. The average Bonchev–Trinajstić information content (AvgIpc) is 2.97. The van der Waals surface area contributed by atoms with Gasteiger partial charge in [0.25, 0.3) is 5.56 Å². The molecule has 0 saturated carbocycles. The number of carbonyl (C=O) groups is 2. The minimum absolute atomic E-state index is 0.0676. The van der Waals surface area contributed by atoms with Crippen molar-refractivity contribution in [2.45, 2.75) is 63.4 Å². The summed E-state index contributed by atoms with van der Waals surface area (Å²) in [5, 5.41) is 49.2. The van der Waals surface area contributed by atoms with Crippen molar-refractivity contribution in [1.29, 1.82) is 0 Å². The van der Waals surface area contributed by atoms with E-state index >= 15 is 0 Å². The van der Waals surface area contributed by atoms with Gasteiger partial charge in [0.2, 0.25) is 0 Å². The van der Waals surface area contributed by atoms with Crippen molar-refractivity contribution in [3.05, 3.63) is 32.6 Å². The number of hydrogen-bond donors (Lipinski definition) is 6. The van der Waals surface area contributed by atoms with Crippen LogP contribution in [0.15, 0.2) is 15.8 Å². The summed E-state index contributed by atoms with van der Waals surface area (Å²) >= 11 is 0. The van der Waals surface area contributed by atoms with E-state index in [9.17, 15) is 34.5 Å². The van der Waals surface area contributed by atoms with Crippen molar-refractivity contribution < 1.29 is 39.9 Å². The topological polar surface area (TPSA) is 203 Å². The second-order valence-corrected chi connectivity index (χ2v) is 7.40. The van der Waals surface area contributed by atoms with Crippen LogP contribution in [0.4, 0.5) is 0 Å². The van der Waals surface area contributed by atoms with E-state index in [2.05, 4.69) is 4.98 Å². The summed E-state index contributed by atoms with van der Waals surface area (Å²) < 4.78 is 6.46. The molecule has 0 radical (unpaired) electrons. The molecule has 0 amide bonds. The molecule has 0 aromatic carbocycles. The lowest BCUT2D eigenvalue weighted by molar-refractivity contribution is -0.144. The van der Waals surface area contributed by atoms with Crippen molar-refractivity contribution in [2.24, 2.45) is 0 Å². The first-order chi connectivity index (χ1) is 14.5. The lowest BCUT2D eigenvalue weighted by Gasteiger charge is -2.32. The number of aliphatic hydroxyl groups excluding tert-OH is 3. The van der Waals surface area contributed by atoms with Gasteiger partial charge in [0, 0.05) is 37.7 Å². The summed E-state index contributed by atoms with van der Waals surface area (Å²) in [6.45, 7) is 1.57. The molecule has 6 N–H and O–H groups in total. The predicted molar refractivity (Wildman–Crippen MR) is 103 cm³/mol. The van der Waals surface area contributed by atoms with Crippen LogP contribution in [0.1, 0.15) is 37.5 Å². The molecule has 0 aliphatic carbocycles. The monoisotopic (exact) mass is 445 g/mol. The molecule has 5 atom stereocenters. The van der Waals surface area contributed by atoms with E-state index in [1.807, 2.05) is 0 Å². The highest BCUT2D eigenvalue weighted by molar-refractivity contribution is 5.66. The Balaban J connectivity index is 2.19. The Morgan fingerprint density at radius 1 is 1.13 bits per heavy atom. The molecule has 13 heteroatoms. The van der Waals surface area contributed by atoms with Crippen LogP contribution in [0.5, 0.6) is 0 Å². The number of carboxylic acid groups (broad SMARTS) is 2. The molecule has 0 bridgehead atoms. The second kappa shape index (κ2) is 10.6. The third-order valence-corrected chi connectivity index (χ3v) is 5.04. The number of aromatic nitrogens is 2. The van der Waals surface area contributed by atoms with Crippen molar-refractivity contribution in [2.75, 3.05) is 13.1 Å². The number of aromatic amines is 1. The number of aliphatic carboxylic acids is 2. The molecule has 13 nitrogen and oxygen atoms in total. The van der Waals surface area contributed by atoms with Crippen LogP contribution in [0, 0.1) is 6.92 Å². The molecule has 1 aromatic rings. The maximum atomic E-state index is 12.1. The smallest absolute Gasteiger partial charge is 0.330 e. The fourth-order valence-corrected chi connectivity index (χ4v) is 3.39. The van der Waals surface area contributed by atoms with Gasteiger partial charge >= 0.3 is 17.6 Å². The van der Waals surface area contributed by atoms with Crippen LogP contribution >= 0.6 is 0 Å². The Morgan fingerprint density at radius 3 is 2.19 bits per heavy atom. The van der Waals surface area contributed by atoms with Crippen molar-refractivity contribution in [3.63, 3.8) is 0 Å². The van der Waals surface area contributed by atoms with Crippen molar-refractivity contribution in [1.82, 2.24) is 14.5 Å². The molecule has 2 rings (SSSR count). The number of aliphatic hydroxyl groups is 3. The lowest BCUT2D eigenvalue weighted by Crippen LogP contribution is -2.49. The molecule has 31 heavy (non-hydrogen) atoms. The normalized spacial score (nSPS) is 24.4. The number of aryl methyl sites for hydroxylation is 1. The Bertz CT molecular complexity index is 877. The summed E-state index contributed by atoms with van der Waals surface area (Å²) in [7, 11) is 0. The molecular weight excluding hydrogens is 418 g/mol. The standard InChI is InChI=1S/C18H27N3O10/c1-9-8-21(18(30)19-15(9)28)17-13(27)12(26)14(31-17)16(29)20(6-2-4-10(22)23)7-3-5-11(24)25/h8,12-14,16-17,26-27,29H,2-7H2,1H3,(H,22,23)(H,24,25)(H,19,28,30)/t12-,13+,14-,16?,17+/m0/s1. The van der Waals surface area contributed by atoms with E-state index in [1.165, 1.54) is 11.8 Å². The molecule has 2 heterocycles.